The quantitative estimate of drug-likeness (QED) is 0.575. The number of aromatic nitrogens is 1. The number of hydrogen-bond acceptors (Lipinski definition) is 3. The lowest BCUT2D eigenvalue weighted by Crippen LogP contribution is -2.20. The van der Waals surface area contributed by atoms with E-state index in [0.717, 1.165) is 11.3 Å². The van der Waals surface area contributed by atoms with Crippen LogP contribution in [0.5, 0.6) is 5.75 Å². The summed E-state index contributed by atoms with van der Waals surface area (Å²) in [4.78, 5) is 4.32. The molecule has 2 aromatic carbocycles. The Labute approximate surface area is 163 Å². The number of benzene rings is 2. The molecular weight excluding hydrogens is 366 g/mol. The summed E-state index contributed by atoms with van der Waals surface area (Å²) in [5.74, 6) is 1.19. The molecule has 0 aliphatic heterocycles. The molecule has 3 rings (SSSR count). The van der Waals surface area contributed by atoms with Crippen LogP contribution in [0.2, 0.25) is 5.02 Å². The van der Waals surface area contributed by atoms with Crippen LogP contribution in [0.1, 0.15) is 11.1 Å². The Morgan fingerprint density at radius 1 is 1.04 bits per heavy atom. The van der Waals surface area contributed by atoms with Crippen molar-refractivity contribution >= 4 is 40.4 Å². The summed E-state index contributed by atoms with van der Waals surface area (Å²) in [6.45, 7) is 2.51. The van der Waals surface area contributed by atoms with Crippen LogP contribution < -0.4 is 15.4 Å². The number of thiocarbonyl (C=S) groups is 1. The van der Waals surface area contributed by atoms with E-state index in [0.29, 0.717) is 28.3 Å². The van der Waals surface area contributed by atoms with E-state index in [2.05, 4.69) is 34.7 Å². The van der Waals surface area contributed by atoms with Crippen LogP contribution in [0.15, 0.2) is 66.9 Å². The van der Waals surface area contributed by atoms with Crippen molar-refractivity contribution in [3.05, 3.63) is 83.0 Å². The Balaban J connectivity index is 1.63. The van der Waals surface area contributed by atoms with E-state index in [1.54, 1.807) is 18.3 Å². The average Bonchev–Trinajstić information content (AvgIpc) is 2.64. The third-order valence-electron chi connectivity index (χ3n) is 3.62. The fraction of sp³-hybridized carbons (Fsp3) is 0.100. The van der Waals surface area contributed by atoms with E-state index in [-0.39, 0.29) is 0 Å². The molecule has 0 atom stereocenters. The maximum Gasteiger partial charge on any atom is 0.176 e. The van der Waals surface area contributed by atoms with Crippen LogP contribution in [-0.2, 0) is 6.61 Å². The number of anilines is 2. The van der Waals surface area contributed by atoms with Gasteiger partial charge in [-0.25, -0.2) is 4.98 Å². The van der Waals surface area contributed by atoms with Crippen molar-refractivity contribution in [1.82, 2.24) is 4.98 Å². The maximum atomic E-state index is 5.90. The molecule has 0 fully saturated rings. The summed E-state index contributed by atoms with van der Waals surface area (Å²) in [6, 6.07) is 19.2. The average molecular weight is 384 g/mol. The number of aryl methyl sites for hydroxylation is 1. The fourth-order valence-electron chi connectivity index (χ4n) is 2.25. The first-order valence-corrected chi connectivity index (χ1v) is 8.86. The first-order valence-electron chi connectivity index (χ1n) is 8.07. The molecule has 0 aliphatic rings. The summed E-state index contributed by atoms with van der Waals surface area (Å²) in [7, 11) is 0. The van der Waals surface area contributed by atoms with Crippen molar-refractivity contribution in [1.29, 1.82) is 0 Å². The lowest BCUT2D eigenvalue weighted by molar-refractivity contribution is 0.307. The summed E-state index contributed by atoms with van der Waals surface area (Å²) in [5, 5.41) is 7.26. The topological polar surface area (TPSA) is 46.2 Å². The molecule has 1 aromatic heterocycles. The Morgan fingerprint density at radius 3 is 2.50 bits per heavy atom. The molecule has 3 aromatic rings. The zero-order valence-electron chi connectivity index (χ0n) is 14.2. The van der Waals surface area contributed by atoms with Crippen LogP contribution in [0.25, 0.3) is 0 Å². The predicted octanol–water partition coefficient (Wildman–Crippen LogP) is 5.43. The van der Waals surface area contributed by atoms with Gasteiger partial charge in [0.25, 0.3) is 0 Å². The molecular formula is C20H18ClN3OS. The molecule has 0 saturated carbocycles. The molecule has 0 amide bonds. The minimum atomic E-state index is 0.422. The lowest BCUT2D eigenvalue weighted by atomic mass is 10.2. The molecule has 6 heteroatoms. The van der Waals surface area contributed by atoms with Gasteiger partial charge in [-0.15, -0.1) is 0 Å². The summed E-state index contributed by atoms with van der Waals surface area (Å²) in [5.41, 5.74) is 3.15. The molecule has 2 N–H and O–H groups in total. The molecule has 1 heterocycles. The number of ether oxygens (including phenoxy) is 1. The van der Waals surface area contributed by atoms with E-state index in [1.165, 1.54) is 5.56 Å². The van der Waals surface area contributed by atoms with Crippen LogP contribution in [0.3, 0.4) is 0 Å². The Hall–Kier alpha value is -2.63. The molecule has 4 nitrogen and oxygen atoms in total. The summed E-state index contributed by atoms with van der Waals surface area (Å²) in [6.07, 6.45) is 1.69. The Kier molecular flexibility index (Phi) is 6.04. The molecule has 0 saturated heterocycles. The van der Waals surface area contributed by atoms with Gasteiger partial charge in [-0.05, 0) is 61.1 Å². The van der Waals surface area contributed by atoms with Gasteiger partial charge in [0.05, 0.1) is 0 Å². The van der Waals surface area contributed by atoms with Gasteiger partial charge in [-0.2, -0.15) is 0 Å². The Bertz CT molecular complexity index is 882. The van der Waals surface area contributed by atoms with E-state index < -0.39 is 0 Å². The monoisotopic (exact) mass is 383 g/mol. The zero-order chi connectivity index (χ0) is 18.4. The SMILES string of the molecule is Cc1ccc(COc2cccnc2NC(=S)Nc2ccc(Cl)cc2)cc1. The van der Waals surface area contributed by atoms with Gasteiger partial charge in [0.15, 0.2) is 16.7 Å². The number of nitrogens with one attached hydrogen (secondary N) is 2. The number of nitrogens with zero attached hydrogens (tertiary/aromatic N) is 1. The largest absolute Gasteiger partial charge is 0.485 e. The highest BCUT2D eigenvalue weighted by Gasteiger charge is 2.07. The first-order chi connectivity index (χ1) is 12.6. The van der Waals surface area contributed by atoms with Gasteiger partial charge in [0, 0.05) is 16.9 Å². The van der Waals surface area contributed by atoms with Crippen molar-refractivity contribution in [2.24, 2.45) is 0 Å². The number of pyridine rings is 1. The van der Waals surface area contributed by atoms with Crippen LogP contribution >= 0.6 is 23.8 Å². The van der Waals surface area contributed by atoms with Crippen molar-refractivity contribution in [2.45, 2.75) is 13.5 Å². The first kappa shape index (κ1) is 18.2. The van der Waals surface area contributed by atoms with Gasteiger partial charge < -0.3 is 15.4 Å². The normalized spacial score (nSPS) is 10.2. The van der Waals surface area contributed by atoms with E-state index in [4.69, 9.17) is 28.6 Å². The van der Waals surface area contributed by atoms with E-state index in [1.807, 2.05) is 36.4 Å². The van der Waals surface area contributed by atoms with Crippen LogP contribution in [0, 0.1) is 6.92 Å². The van der Waals surface area contributed by atoms with Gasteiger partial charge in [0.2, 0.25) is 0 Å². The standard InChI is InChI=1S/C20H18ClN3OS/c1-14-4-6-15(7-5-14)13-25-18-3-2-12-22-19(18)24-20(26)23-17-10-8-16(21)9-11-17/h2-12H,13H2,1H3,(H2,22,23,24,26). The molecule has 0 radical (unpaired) electrons. The Morgan fingerprint density at radius 2 is 1.77 bits per heavy atom. The summed E-state index contributed by atoms with van der Waals surface area (Å²) < 4.78 is 5.90. The third kappa shape index (κ3) is 5.18. The van der Waals surface area contributed by atoms with Gasteiger partial charge in [0.1, 0.15) is 6.61 Å². The number of halogens is 1. The molecule has 132 valence electrons. The van der Waals surface area contributed by atoms with Crippen molar-refractivity contribution in [3.63, 3.8) is 0 Å². The second kappa shape index (κ2) is 8.65. The van der Waals surface area contributed by atoms with Crippen molar-refractivity contribution in [2.75, 3.05) is 10.6 Å². The fourth-order valence-corrected chi connectivity index (χ4v) is 2.59. The highest BCUT2D eigenvalue weighted by Crippen LogP contribution is 2.23. The van der Waals surface area contributed by atoms with Crippen molar-refractivity contribution in [3.8, 4) is 5.75 Å². The molecule has 26 heavy (non-hydrogen) atoms. The van der Waals surface area contributed by atoms with E-state index >= 15 is 0 Å². The number of hydrogen-bond donors (Lipinski definition) is 2. The maximum absolute atomic E-state index is 5.90. The second-order valence-corrected chi connectivity index (χ2v) is 6.56. The third-order valence-corrected chi connectivity index (χ3v) is 4.08. The minimum Gasteiger partial charge on any atom is -0.485 e. The van der Waals surface area contributed by atoms with Crippen LogP contribution in [0.4, 0.5) is 11.5 Å². The molecule has 0 unspecified atom stereocenters. The van der Waals surface area contributed by atoms with E-state index in [9.17, 15) is 0 Å². The molecule has 0 bridgehead atoms. The predicted molar refractivity (Wildman–Crippen MR) is 111 cm³/mol. The zero-order valence-corrected chi connectivity index (χ0v) is 15.8. The molecule has 0 aliphatic carbocycles. The van der Waals surface area contributed by atoms with Gasteiger partial charge >= 0.3 is 0 Å². The number of rotatable bonds is 5. The van der Waals surface area contributed by atoms with Gasteiger partial charge in [-0.3, -0.25) is 0 Å². The molecule has 0 spiro atoms. The highest BCUT2D eigenvalue weighted by atomic mass is 35.5. The van der Waals surface area contributed by atoms with Gasteiger partial charge in [-0.1, -0.05) is 41.4 Å². The smallest absolute Gasteiger partial charge is 0.176 e. The van der Waals surface area contributed by atoms with Crippen LogP contribution in [-0.4, -0.2) is 10.1 Å². The summed E-state index contributed by atoms with van der Waals surface area (Å²) >= 11 is 11.2. The highest BCUT2D eigenvalue weighted by molar-refractivity contribution is 7.80. The lowest BCUT2D eigenvalue weighted by Gasteiger charge is -2.14. The second-order valence-electron chi connectivity index (χ2n) is 5.71. The van der Waals surface area contributed by atoms with Crippen molar-refractivity contribution < 1.29 is 4.74 Å². The minimum absolute atomic E-state index is 0.422.